The zero-order valence-corrected chi connectivity index (χ0v) is 19.4. The maximum atomic E-state index is 11.6. The van der Waals surface area contributed by atoms with Crippen LogP contribution in [0.15, 0.2) is 47.6 Å². The van der Waals surface area contributed by atoms with E-state index in [0.717, 1.165) is 6.26 Å². The van der Waals surface area contributed by atoms with Crippen molar-refractivity contribution in [2.45, 2.75) is 4.90 Å². The fourth-order valence-electron chi connectivity index (χ4n) is 2.76. The van der Waals surface area contributed by atoms with Gasteiger partial charge < -0.3 is 16.4 Å². The van der Waals surface area contributed by atoms with Crippen LogP contribution in [0.5, 0.6) is 0 Å². The summed E-state index contributed by atoms with van der Waals surface area (Å²) in [6.07, 6.45) is 2.53. The van der Waals surface area contributed by atoms with Crippen molar-refractivity contribution in [3.05, 3.63) is 58.3 Å². The average molecular weight is 509 g/mol. The monoisotopic (exact) mass is 508 g/mol. The first-order valence-corrected chi connectivity index (χ1v) is 12.3. The summed E-state index contributed by atoms with van der Waals surface area (Å²) in [5.41, 5.74) is 6.96. The number of rotatable bonds is 6. The van der Waals surface area contributed by atoms with E-state index in [1.54, 1.807) is 12.1 Å². The highest BCUT2D eigenvalue weighted by Crippen LogP contribution is 2.37. The number of nitrogens with two attached hydrogens (primary N) is 1. The van der Waals surface area contributed by atoms with Crippen LogP contribution in [-0.4, -0.2) is 35.5 Å². The molecule has 9 nitrogen and oxygen atoms in total. The number of halogens is 2. The lowest BCUT2D eigenvalue weighted by atomic mass is 10.2. The topological polar surface area (TPSA) is 140 Å². The van der Waals surface area contributed by atoms with Gasteiger partial charge in [0, 0.05) is 17.5 Å². The fourth-order valence-corrected chi connectivity index (χ4v) is 4.79. The quantitative estimate of drug-likeness (QED) is 0.348. The highest BCUT2D eigenvalue weighted by molar-refractivity contribution is 7.90. The molecule has 32 heavy (non-hydrogen) atoms. The second-order valence-electron chi connectivity index (χ2n) is 6.62. The van der Waals surface area contributed by atoms with E-state index in [2.05, 4.69) is 25.6 Å². The molecule has 0 aliphatic rings. The lowest BCUT2D eigenvalue weighted by Gasteiger charge is -2.09. The Kier molecular flexibility index (Phi) is 5.91. The van der Waals surface area contributed by atoms with E-state index in [4.69, 9.17) is 28.9 Å². The van der Waals surface area contributed by atoms with Gasteiger partial charge in [-0.2, -0.15) is 0 Å². The molecule has 164 valence electrons. The molecule has 0 bridgehead atoms. The molecule has 0 spiro atoms. The first-order valence-electron chi connectivity index (χ1n) is 8.86. The number of sulfone groups is 1. The van der Waals surface area contributed by atoms with Crippen molar-refractivity contribution >= 4 is 83.0 Å². The molecule has 13 heteroatoms. The van der Waals surface area contributed by atoms with Crippen LogP contribution in [0.25, 0.3) is 10.3 Å². The zero-order valence-electron chi connectivity index (χ0n) is 16.3. The Morgan fingerprint density at radius 2 is 1.72 bits per heavy atom. The number of primary amides is 1. The summed E-state index contributed by atoms with van der Waals surface area (Å²) >= 11 is 13.7. The smallest absolute Gasteiger partial charge is 0.248 e. The molecule has 0 atom stereocenters. The molecule has 0 fully saturated rings. The molecule has 2 aromatic heterocycles. The van der Waals surface area contributed by atoms with Crippen LogP contribution >= 0.6 is 34.5 Å². The number of carbonyl (C=O) groups is 1. The summed E-state index contributed by atoms with van der Waals surface area (Å²) in [5.74, 6) is -0.205. The molecule has 1 amide bonds. The number of aromatic nitrogens is 3. The number of nitrogens with zero attached hydrogens (tertiary/aromatic N) is 3. The fraction of sp³-hybridized carbons (Fsp3) is 0.0526. The standard InChI is InChI=1S/C19H14Cl2N6O3S2/c1-32(29,30)11-4-2-10(3-5-11)25-17-15-18(24-8-23-17)31-19(27-15)26-14-12(20)6-9(16(22)28)7-13(14)21/h2-8H,1H3,(H2,22,28)(H,26,27)(H,23,24,25). The van der Waals surface area contributed by atoms with Gasteiger partial charge in [-0.25, -0.2) is 23.4 Å². The van der Waals surface area contributed by atoms with Crippen LogP contribution in [0.2, 0.25) is 10.0 Å². The van der Waals surface area contributed by atoms with Gasteiger partial charge in [0.05, 0.1) is 20.6 Å². The maximum Gasteiger partial charge on any atom is 0.248 e. The summed E-state index contributed by atoms with van der Waals surface area (Å²) in [7, 11) is -3.29. The maximum absolute atomic E-state index is 11.6. The average Bonchev–Trinajstić information content (AvgIpc) is 3.14. The number of carbonyl (C=O) groups excluding carboxylic acids is 1. The van der Waals surface area contributed by atoms with E-state index in [9.17, 15) is 13.2 Å². The van der Waals surface area contributed by atoms with Crippen LogP contribution in [0.1, 0.15) is 10.4 Å². The lowest BCUT2D eigenvalue weighted by molar-refractivity contribution is 0.100. The highest BCUT2D eigenvalue weighted by Gasteiger charge is 2.16. The van der Waals surface area contributed by atoms with Crippen molar-refractivity contribution in [3.63, 3.8) is 0 Å². The van der Waals surface area contributed by atoms with Crippen molar-refractivity contribution in [1.29, 1.82) is 0 Å². The Bertz CT molecular complexity index is 1430. The predicted molar refractivity (Wildman–Crippen MR) is 126 cm³/mol. The first-order chi connectivity index (χ1) is 15.1. The number of hydrogen-bond acceptors (Lipinski definition) is 9. The van der Waals surface area contributed by atoms with Crippen LogP contribution in [0.3, 0.4) is 0 Å². The SMILES string of the molecule is CS(=O)(=O)c1ccc(Nc2ncnc3sc(Nc4c(Cl)cc(C(N)=O)cc4Cl)nc23)cc1. The summed E-state index contributed by atoms with van der Waals surface area (Å²) in [4.78, 5) is 25.2. The van der Waals surface area contributed by atoms with E-state index >= 15 is 0 Å². The molecular formula is C19H14Cl2N6O3S2. The van der Waals surface area contributed by atoms with Crippen LogP contribution in [0.4, 0.5) is 22.3 Å². The molecule has 0 saturated heterocycles. The van der Waals surface area contributed by atoms with E-state index in [-0.39, 0.29) is 20.5 Å². The van der Waals surface area contributed by atoms with E-state index in [0.29, 0.717) is 32.7 Å². The molecule has 2 heterocycles. The van der Waals surface area contributed by atoms with Gasteiger partial charge in [-0.15, -0.1) is 0 Å². The summed E-state index contributed by atoms with van der Waals surface area (Å²) in [6.45, 7) is 0. The molecule has 4 aromatic rings. The third kappa shape index (κ3) is 4.60. The molecule has 0 unspecified atom stereocenters. The van der Waals surface area contributed by atoms with E-state index < -0.39 is 15.7 Å². The first kappa shape index (κ1) is 22.2. The Morgan fingerprint density at radius 1 is 1.06 bits per heavy atom. The van der Waals surface area contributed by atoms with Gasteiger partial charge in [-0.05, 0) is 36.4 Å². The minimum atomic E-state index is -3.29. The van der Waals surface area contributed by atoms with Gasteiger partial charge in [-0.3, -0.25) is 4.79 Å². The molecule has 4 rings (SSSR count). The number of thiazole rings is 1. The van der Waals surface area contributed by atoms with Gasteiger partial charge >= 0.3 is 0 Å². The predicted octanol–water partition coefficient (Wildman–Crippen LogP) is 4.38. The third-order valence-corrected chi connectivity index (χ3v) is 6.90. The number of anilines is 4. The normalized spacial score (nSPS) is 11.5. The van der Waals surface area contributed by atoms with Crippen molar-refractivity contribution in [1.82, 2.24) is 15.0 Å². The number of hydrogen-bond donors (Lipinski definition) is 3. The lowest BCUT2D eigenvalue weighted by Crippen LogP contribution is -2.11. The molecule has 0 aliphatic heterocycles. The van der Waals surface area contributed by atoms with Gasteiger partial charge in [0.25, 0.3) is 0 Å². The third-order valence-electron chi connectivity index (χ3n) is 4.30. The van der Waals surface area contributed by atoms with Crippen molar-refractivity contribution in [2.24, 2.45) is 5.73 Å². The van der Waals surface area contributed by atoms with Crippen molar-refractivity contribution < 1.29 is 13.2 Å². The van der Waals surface area contributed by atoms with Gasteiger partial charge in [0.2, 0.25) is 5.91 Å². The van der Waals surface area contributed by atoms with Crippen molar-refractivity contribution in [2.75, 3.05) is 16.9 Å². The van der Waals surface area contributed by atoms with E-state index in [1.165, 1.54) is 41.9 Å². The van der Waals surface area contributed by atoms with Crippen molar-refractivity contribution in [3.8, 4) is 0 Å². The minimum absolute atomic E-state index is 0.189. The molecule has 4 N–H and O–H groups in total. The minimum Gasteiger partial charge on any atom is -0.366 e. The molecule has 0 aliphatic carbocycles. The Morgan fingerprint density at radius 3 is 2.31 bits per heavy atom. The van der Waals surface area contributed by atoms with Crippen LogP contribution in [0, 0.1) is 0 Å². The van der Waals surface area contributed by atoms with Gasteiger partial charge in [0.1, 0.15) is 11.8 Å². The summed E-state index contributed by atoms with van der Waals surface area (Å²) in [6, 6.07) is 9.11. The van der Waals surface area contributed by atoms with E-state index in [1.807, 2.05) is 0 Å². The summed E-state index contributed by atoms with van der Waals surface area (Å²) < 4.78 is 23.3. The van der Waals surface area contributed by atoms with Crippen LogP contribution in [-0.2, 0) is 9.84 Å². The van der Waals surface area contributed by atoms with Crippen LogP contribution < -0.4 is 16.4 Å². The number of fused-ring (bicyclic) bond motifs is 1. The number of benzene rings is 2. The number of nitrogens with one attached hydrogen (secondary N) is 2. The van der Waals surface area contributed by atoms with Gasteiger partial charge in [-0.1, -0.05) is 34.5 Å². The zero-order chi connectivity index (χ0) is 23.0. The molecule has 0 radical (unpaired) electrons. The molecule has 2 aromatic carbocycles. The van der Waals surface area contributed by atoms with Gasteiger partial charge in [0.15, 0.2) is 25.6 Å². The molecule has 0 saturated carbocycles. The second-order valence-corrected chi connectivity index (χ2v) is 10.4. The molecular weight excluding hydrogens is 495 g/mol. The largest absolute Gasteiger partial charge is 0.366 e. The Hall–Kier alpha value is -2.99. The summed E-state index contributed by atoms with van der Waals surface area (Å²) in [5, 5.41) is 7.02. The Balaban J connectivity index is 1.64. The second kappa shape index (κ2) is 8.51. The Labute approximate surface area is 196 Å². The highest BCUT2D eigenvalue weighted by atomic mass is 35.5. The number of amides is 1.